The molecule has 0 saturated carbocycles. The summed E-state index contributed by atoms with van der Waals surface area (Å²) in [4.78, 5) is 15.1. The van der Waals surface area contributed by atoms with E-state index in [9.17, 15) is 4.79 Å². The van der Waals surface area contributed by atoms with Crippen molar-refractivity contribution in [3.05, 3.63) is 59.2 Å². The number of carbonyl (C=O) groups is 1. The van der Waals surface area contributed by atoms with Gasteiger partial charge in [0.25, 0.3) is 5.91 Å². The average Bonchev–Trinajstić information content (AvgIpc) is 3.24. The van der Waals surface area contributed by atoms with E-state index in [1.54, 1.807) is 42.1 Å². The van der Waals surface area contributed by atoms with Gasteiger partial charge < -0.3 is 19.1 Å². The number of methoxy groups -OCH3 is 2. The van der Waals surface area contributed by atoms with E-state index in [-0.39, 0.29) is 5.91 Å². The zero-order valence-electron chi connectivity index (χ0n) is 16.8. The van der Waals surface area contributed by atoms with Crippen molar-refractivity contribution in [1.29, 1.82) is 0 Å². The molecule has 1 aliphatic rings. The van der Waals surface area contributed by atoms with Gasteiger partial charge in [0.2, 0.25) is 0 Å². The smallest absolute Gasteiger partial charge is 0.257 e. The molecule has 0 atom stereocenters. The second-order valence-electron chi connectivity index (χ2n) is 6.77. The molecular weight excluding hydrogens is 406 g/mol. The number of benzene rings is 2. The Kier molecular flexibility index (Phi) is 5.92. The van der Waals surface area contributed by atoms with Gasteiger partial charge in [-0.15, -0.1) is 0 Å². The molecule has 2 heterocycles. The maximum Gasteiger partial charge on any atom is 0.257 e. The molecule has 3 aromatic rings. The van der Waals surface area contributed by atoms with Gasteiger partial charge in [0, 0.05) is 23.7 Å². The molecule has 0 N–H and O–H groups in total. The van der Waals surface area contributed by atoms with Gasteiger partial charge in [-0.1, -0.05) is 11.6 Å². The largest absolute Gasteiger partial charge is 0.493 e. The number of hydrogen-bond donors (Lipinski definition) is 0. The number of ether oxygens (including phenoxy) is 3. The maximum absolute atomic E-state index is 13.3. The van der Waals surface area contributed by atoms with Crippen LogP contribution < -0.4 is 9.47 Å². The standard InChI is InChI=1S/C22H22ClN3O4/c1-28-19-8-3-15(13-20(19)29-2)21-18(22(27)25-9-11-30-12-10-25)14-24-26(21)17-6-4-16(23)5-7-17/h3-8,13-14H,9-12H2,1-2H3. The van der Waals surface area contributed by atoms with E-state index < -0.39 is 0 Å². The van der Waals surface area contributed by atoms with Crippen molar-refractivity contribution in [3.63, 3.8) is 0 Å². The third-order valence-corrected chi connectivity index (χ3v) is 5.28. The van der Waals surface area contributed by atoms with E-state index in [0.29, 0.717) is 54.1 Å². The van der Waals surface area contributed by atoms with Crippen LogP contribution in [0.3, 0.4) is 0 Å². The van der Waals surface area contributed by atoms with Crippen molar-refractivity contribution in [2.75, 3.05) is 40.5 Å². The Morgan fingerprint density at radius 3 is 2.40 bits per heavy atom. The molecular formula is C22H22ClN3O4. The third kappa shape index (κ3) is 3.86. The van der Waals surface area contributed by atoms with Gasteiger partial charge in [0.15, 0.2) is 11.5 Å². The first kappa shape index (κ1) is 20.3. The van der Waals surface area contributed by atoms with Gasteiger partial charge in [-0.05, 0) is 42.5 Å². The minimum absolute atomic E-state index is 0.0803. The molecule has 0 spiro atoms. The monoisotopic (exact) mass is 427 g/mol. The lowest BCUT2D eigenvalue weighted by molar-refractivity contribution is 0.0303. The molecule has 1 amide bonds. The highest BCUT2D eigenvalue weighted by Gasteiger charge is 2.26. The lowest BCUT2D eigenvalue weighted by Crippen LogP contribution is -2.40. The third-order valence-electron chi connectivity index (χ3n) is 5.03. The van der Waals surface area contributed by atoms with Crippen molar-refractivity contribution in [1.82, 2.24) is 14.7 Å². The molecule has 4 rings (SSSR count). The Morgan fingerprint density at radius 2 is 1.73 bits per heavy atom. The molecule has 1 fully saturated rings. The topological polar surface area (TPSA) is 65.8 Å². The van der Waals surface area contributed by atoms with Crippen molar-refractivity contribution in [2.24, 2.45) is 0 Å². The average molecular weight is 428 g/mol. The van der Waals surface area contributed by atoms with E-state index in [0.717, 1.165) is 11.3 Å². The first-order valence-corrected chi connectivity index (χ1v) is 9.93. The molecule has 8 heteroatoms. The molecule has 0 unspecified atom stereocenters. The quantitative estimate of drug-likeness (QED) is 0.621. The summed E-state index contributed by atoms with van der Waals surface area (Å²) in [6, 6.07) is 12.9. The highest BCUT2D eigenvalue weighted by molar-refractivity contribution is 6.30. The van der Waals surface area contributed by atoms with Gasteiger partial charge in [0.1, 0.15) is 0 Å². The van der Waals surface area contributed by atoms with Crippen LogP contribution >= 0.6 is 11.6 Å². The molecule has 1 aliphatic heterocycles. The molecule has 2 aromatic carbocycles. The van der Waals surface area contributed by atoms with Gasteiger partial charge in [0.05, 0.1) is 50.6 Å². The Bertz CT molecular complexity index is 1040. The highest BCUT2D eigenvalue weighted by Crippen LogP contribution is 2.35. The fourth-order valence-electron chi connectivity index (χ4n) is 3.48. The minimum Gasteiger partial charge on any atom is -0.493 e. The molecule has 1 saturated heterocycles. The molecule has 0 radical (unpaired) electrons. The summed E-state index contributed by atoms with van der Waals surface area (Å²) >= 11 is 6.05. The molecule has 30 heavy (non-hydrogen) atoms. The van der Waals surface area contributed by atoms with Gasteiger partial charge in [-0.3, -0.25) is 4.79 Å². The van der Waals surface area contributed by atoms with E-state index in [4.69, 9.17) is 25.8 Å². The second-order valence-corrected chi connectivity index (χ2v) is 7.21. The summed E-state index contributed by atoms with van der Waals surface area (Å²) in [6.07, 6.45) is 1.61. The van der Waals surface area contributed by atoms with Crippen LogP contribution in [0.15, 0.2) is 48.7 Å². The van der Waals surface area contributed by atoms with Crippen molar-refractivity contribution in [2.45, 2.75) is 0 Å². The summed E-state index contributed by atoms with van der Waals surface area (Å²) in [6.45, 7) is 2.16. The van der Waals surface area contributed by atoms with Crippen molar-refractivity contribution in [3.8, 4) is 28.4 Å². The second kappa shape index (κ2) is 8.77. The summed E-state index contributed by atoms with van der Waals surface area (Å²) in [5.74, 6) is 1.10. The van der Waals surface area contributed by atoms with Crippen LogP contribution in [-0.4, -0.2) is 61.1 Å². The normalized spacial score (nSPS) is 13.9. The fourth-order valence-corrected chi connectivity index (χ4v) is 3.61. The summed E-state index contributed by atoms with van der Waals surface area (Å²) < 4.78 is 18.0. The molecule has 0 aliphatic carbocycles. The Balaban J connectivity index is 1.85. The van der Waals surface area contributed by atoms with E-state index in [1.165, 1.54) is 0 Å². The maximum atomic E-state index is 13.3. The summed E-state index contributed by atoms with van der Waals surface area (Å²) in [5.41, 5.74) is 2.77. The number of rotatable bonds is 5. The van der Waals surface area contributed by atoms with Crippen LogP contribution in [0, 0.1) is 0 Å². The van der Waals surface area contributed by atoms with Crippen molar-refractivity contribution < 1.29 is 19.0 Å². The van der Waals surface area contributed by atoms with E-state index in [1.807, 2.05) is 30.3 Å². The number of nitrogens with zero attached hydrogens (tertiary/aromatic N) is 3. The molecule has 156 valence electrons. The molecule has 0 bridgehead atoms. The minimum atomic E-state index is -0.0803. The first-order valence-electron chi connectivity index (χ1n) is 9.55. The van der Waals surface area contributed by atoms with Gasteiger partial charge in [-0.2, -0.15) is 5.10 Å². The van der Waals surface area contributed by atoms with Crippen LogP contribution in [-0.2, 0) is 4.74 Å². The molecule has 7 nitrogen and oxygen atoms in total. The molecule has 1 aromatic heterocycles. The Hall–Kier alpha value is -3.03. The Morgan fingerprint density at radius 1 is 1.03 bits per heavy atom. The number of hydrogen-bond acceptors (Lipinski definition) is 5. The number of halogens is 1. The van der Waals surface area contributed by atoms with Gasteiger partial charge in [-0.25, -0.2) is 4.68 Å². The number of morpholine rings is 1. The predicted octanol–water partition coefficient (Wildman–Crippen LogP) is 3.68. The zero-order valence-corrected chi connectivity index (χ0v) is 17.6. The van der Waals surface area contributed by atoms with Crippen LogP contribution in [0.1, 0.15) is 10.4 Å². The SMILES string of the molecule is COc1ccc(-c2c(C(=O)N3CCOCC3)cnn2-c2ccc(Cl)cc2)cc1OC. The number of amides is 1. The van der Waals surface area contributed by atoms with Crippen LogP contribution in [0.4, 0.5) is 0 Å². The highest BCUT2D eigenvalue weighted by atomic mass is 35.5. The predicted molar refractivity (Wildman–Crippen MR) is 114 cm³/mol. The van der Waals surface area contributed by atoms with Crippen LogP contribution in [0.2, 0.25) is 5.02 Å². The summed E-state index contributed by atoms with van der Waals surface area (Å²) in [5, 5.41) is 5.16. The first-order chi connectivity index (χ1) is 14.6. The Labute approximate surface area is 179 Å². The van der Waals surface area contributed by atoms with Crippen molar-refractivity contribution >= 4 is 17.5 Å². The fraction of sp³-hybridized carbons (Fsp3) is 0.273. The number of carbonyl (C=O) groups excluding carboxylic acids is 1. The van der Waals surface area contributed by atoms with Crippen LogP contribution in [0.5, 0.6) is 11.5 Å². The van der Waals surface area contributed by atoms with Crippen LogP contribution in [0.25, 0.3) is 16.9 Å². The number of aromatic nitrogens is 2. The lowest BCUT2D eigenvalue weighted by Gasteiger charge is -2.27. The van der Waals surface area contributed by atoms with Gasteiger partial charge >= 0.3 is 0 Å². The zero-order chi connectivity index (χ0) is 21.1. The van der Waals surface area contributed by atoms with E-state index in [2.05, 4.69) is 5.10 Å². The lowest BCUT2D eigenvalue weighted by atomic mass is 10.1. The van der Waals surface area contributed by atoms with E-state index >= 15 is 0 Å². The summed E-state index contributed by atoms with van der Waals surface area (Å²) in [7, 11) is 3.17.